The smallest absolute Gasteiger partial charge is 0.136 e. The maximum absolute atomic E-state index is 6.44. The molecule has 0 aliphatic heterocycles. The Kier molecular flexibility index (Phi) is 17.8. The lowest BCUT2D eigenvalue weighted by molar-refractivity contribution is 0.668. The van der Waals surface area contributed by atoms with Crippen molar-refractivity contribution < 1.29 is 8.83 Å². The molecule has 0 bridgehead atoms. The Labute approximate surface area is 729 Å². The summed E-state index contributed by atoms with van der Waals surface area (Å²) in [5.74, 6) is 0. The van der Waals surface area contributed by atoms with Crippen molar-refractivity contribution in [2.75, 3.05) is 9.80 Å². The maximum atomic E-state index is 6.44. The maximum Gasteiger partial charge on any atom is 0.136 e. The minimum atomic E-state index is 0.877. The van der Waals surface area contributed by atoms with Crippen LogP contribution in [0.1, 0.15) is 0 Å². The van der Waals surface area contributed by atoms with Crippen LogP contribution in [-0.4, -0.2) is 9.13 Å². The van der Waals surface area contributed by atoms with Crippen LogP contribution in [0, 0.1) is 0 Å². The van der Waals surface area contributed by atoms with Crippen LogP contribution in [0.3, 0.4) is 0 Å². The van der Waals surface area contributed by atoms with Crippen LogP contribution in [0.15, 0.2) is 482 Å². The number of hydrogen-bond donors (Lipinski definition) is 0. The number of nitrogens with zero attached hydrogens (tertiary/aromatic N) is 4. The molecule has 4 aromatic heterocycles. The minimum absolute atomic E-state index is 0.877. The summed E-state index contributed by atoms with van der Waals surface area (Å²) >= 11 is 0. The Bertz CT molecular complexity index is 8280. The van der Waals surface area contributed by atoms with E-state index in [0.717, 1.165) is 201 Å². The summed E-state index contributed by atoms with van der Waals surface area (Å²) in [6.45, 7) is 0. The largest absolute Gasteiger partial charge is 0.456 e. The van der Waals surface area contributed by atoms with Crippen LogP contribution in [0.4, 0.5) is 34.1 Å². The highest BCUT2D eigenvalue weighted by Gasteiger charge is 2.25. The molecule has 0 radical (unpaired) electrons. The molecule has 0 fully saturated rings. The molecule has 20 aromatic carbocycles. The van der Waals surface area contributed by atoms with Gasteiger partial charge in [-0.25, -0.2) is 0 Å². The number of anilines is 6. The van der Waals surface area contributed by atoms with Crippen molar-refractivity contribution in [1.29, 1.82) is 0 Å². The normalized spacial score (nSPS) is 11.7. The lowest BCUT2D eigenvalue weighted by atomic mass is 9.92. The molecule has 0 unspecified atom stereocenters. The van der Waals surface area contributed by atoms with E-state index in [1.165, 1.54) is 32.6 Å². The van der Waals surface area contributed by atoms with Crippen LogP contribution in [0.2, 0.25) is 0 Å². The Morgan fingerprint density at radius 3 is 1.05 bits per heavy atom. The van der Waals surface area contributed by atoms with E-state index < -0.39 is 0 Å². The first-order valence-corrected chi connectivity index (χ1v) is 43.1. The third kappa shape index (κ3) is 12.7. The summed E-state index contributed by atoms with van der Waals surface area (Å²) in [5, 5.41) is 9.36. The van der Waals surface area contributed by atoms with Crippen LogP contribution in [0.25, 0.3) is 199 Å². The van der Waals surface area contributed by atoms with Gasteiger partial charge in [0.05, 0.1) is 33.4 Å². The van der Waals surface area contributed by atoms with Crippen LogP contribution in [0.5, 0.6) is 0 Å². The number of aromatic nitrogens is 2. The molecule has 126 heavy (non-hydrogen) atoms. The van der Waals surface area contributed by atoms with Crippen molar-refractivity contribution in [1.82, 2.24) is 9.13 Å². The summed E-state index contributed by atoms with van der Waals surface area (Å²) < 4.78 is 17.6. The molecule has 590 valence electrons. The van der Waals surface area contributed by atoms with Crippen molar-refractivity contribution in [2.45, 2.75) is 0 Å². The van der Waals surface area contributed by atoms with E-state index in [1.54, 1.807) is 0 Å². The number of benzene rings is 20. The third-order valence-electron chi connectivity index (χ3n) is 25.4. The average Bonchev–Trinajstić information content (AvgIpc) is 1.54. The number of para-hydroxylation sites is 7. The summed E-state index contributed by atoms with van der Waals surface area (Å²) in [4.78, 5) is 4.83. The Morgan fingerprint density at radius 1 is 0.159 bits per heavy atom. The summed E-state index contributed by atoms with van der Waals surface area (Å²) in [6, 6.07) is 172. The Hall–Kier alpha value is -16.8. The van der Waals surface area contributed by atoms with Gasteiger partial charge in [-0.3, -0.25) is 0 Å². The van der Waals surface area contributed by atoms with Crippen molar-refractivity contribution in [2.24, 2.45) is 0 Å². The molecular weight excluding hydrogens is 1530 g/mol. The molecule has 0 aliphatic rings. The number of hydrogen-bond acceptors (Lipinski definition) is 4. The average molecular weight is 1610 g/mol. The molecule has 0 saturated carbocycles. The van der Waals surface area contributed by atoms with Crippen molar-refractivity contribution in [3.63, 3.8) is 0 Å². The molecule has 0 aliphatic carbocycles. The van der Waals surface area contributed by atoms with E-state index in [2.05, 4.69) is 474 Å². The van der Waals surface area contributed by atoms with E-state index in [9.17, 15) is 0 Å². The van der Waals surface area contributed by atoms with Gasteiger partial charge in [-0.1, -0.05) is 334 Å². The van der Waals surface area contributed by atoms with E-state index >= 15 is 0 Å². The number of rotatable bonds is 17. The molecule has 6 nitrogen and oxygen atoms in total. The molecule has 0 N–H and O–H groups in total. The number of furan rings is 2. The minimum Gasteiger partial charge on any atom is -0.456 e. The van der Waals surface area contributed by atoms with E-state index in [4.69, 9.17) is 8.83 Å². The standard InChI is InChI=1S/C120H78N4O2/c1-2-26-82(27-3-1)98-37-6-13-47-109(98)122(94-33-21-29-86(75-94)79-56-58-84(59-57-79)100-45-24-54-117-119(100)107-43-11-18-52-115(107)125-117)93-69-62-81(63-70-93)88-31-23-35-96(77-88)124-113-51-17-10-42-104(113)105-73-66-89(78-114(105)124)85-28-20-32-90(74-85)99-38-7-14-48-110(99)121(91-67-60-80(61-68-91)87-30-22-34-95(76-87)123-111-49-15-8-40-102(111)103-41-9-16-50-112(103)123)92-71-64-83(65-72-92)97-36-4-5-39-101(97)106-46-25-55-118-120(106)108-44-12-19-53-116(108)126-118/h1-78H. The van der Waals surface area contributed by atoms with E-state index in [0.29, 0.717) is 0 Å². The predicted molar refractivity (Wildman–Crippen MR) is 528 cm³/mol. The van der Waals surface area contributed by atoms with Gasteiger partial charge in [-0.2, -0.15) is 0 Å². The summed E-state index contributed by atoms with van der Waals surface area (Å²) in [7, 11) is 0. The quantitative estimate of drug-likeness (QED) is 0.0911. The first kappa shape index (κ1) is 73.1. The second kappa shape index (κ2) is 30.7. The topological polar surface area (TPSA) is 42.6 Å². The first-order chi connectivity index (χ1) is 62.5. The molecule has 6 heteroatoms. The van der Waals surface area contributed by atoms with Crippen LogP contribution < -0.4 is 9.80 Å². The van der Waals surface area contributed by atoms with Gasteiger partial charge in [-0.15, -0.1) is 0 Å². The number of fused-ring (bicyclic) bond motifs is 12. The second-order valence-corrected chi connectivity index (χ2v) is 32.6. The summed E-state index contributed by atoms with van der Waals surface area (Å²) in [6.07, 6.45) is 0. The van der Waals surface area contributed by atoms with Gasteiger partial charge in [0.2, 0.25) is 0 Å². The van der Waals surface area contributed by atoms with Gasteiger partial charge in [0.25, 0.3) is 0 Å². The second-order valence-electron chi connectivity index (χ2n) is 32.6. The predicted octanol–water partition coefficient (Wildman–Crippen LogP) is 33.6. The molecular formula is C120H78N4O2. The SMILES string of the molecule is c1ccc(-c2ccccc2N(c2ccc(-c3cccc(-n4c5ccccc5c5ccc(-c6cccc(-c7ccccc7N(c7ccc(-c8cccc(-n9c%10ccccc%10c%10ccccc%109)c8)cc7)c7ccc(-c8ccccc8-c8cccc9oc%10ccccc%10c89)cc7)c6)cc54)c3)cc2)c2cccc(-c3ccc(-c4cccc5oc6ccccc6c45)cc3)c2)cc1. The first-order valence-electron chi connectivity index (χ1n) is 43.1. The molecule has 24 rings (SSSR count). The van der Waals surface area contributed by atoms with Gasteiger partial charge in [0.1, 0.15) is 22.3 Å². The van der Waals surface area contributed by atoms with Crippen molar-refractivity contribution in [3.8, 4) is 112 Å². The highest BCUT2D eigenvalue weighted by Crippen LogP contribution is 2.49. The van der Waals surface area contributed by atoms with Gasteiger partial charge >= 0.3 is 0 Å². The zero-order chi connectivity index (χ0) is 83.1. The van der Waals surface area contributed by atoms with E-state index in [-0.39, 0.29) is 0 Å². The molecule has 24 aromatic rings. The van der Waals surface area contributed by atoms with Crippen molar-refractivity contribution >= 4 is 122 Å². The van der Waals surface area contributed by atoms with Gasteiger partial charge in [0, 0.05) is 88.3 Å². The highest BCUT2D eigenvalue weighted by atomic mass is 16.3. The summed E-state index contributed by atoms with van der Waals surface area (Å²) in [5.41, 5.74) is 37.0. The molecule has 0 amide bonds. The van der Waals surface area contributed by atoms with Crippen molar-refractivity contribution in [3.05, 3.63) is 473 Å². The van der Waals surface area contributed by atoms with Crippen LogP contribution >= 0.6 is 0 Å². The molecule has 0 spiro atoms. The van der Waals surface area contributed by atoms with Crippen LogP contribution in [-0.2, 0) is 0 Å². The van der Waals surface area contributed by atoms with E-state index in [1.807, 2.05) is 18.2 Å². The van der Waals surface area contributed by atoms with Gasteiger partial charge < -0.3 is 27.8 Å². The third-order valence-corrected chi connectivity index (χ3v) is 25.4. The Balaban J connectivity index is 0.571. The fourth-order valence-electron chi connectivity index (χ4n) is 19.5. The lowest BCUT2D eigenvalue weighted by Gasteiger charge is -2.28. The lowest BCUT2D eigenvalue weighted by Crippen LogP contribution is -2.11. The fraction of sp³-hybridized carbons (Fsp3) is 0. The highest BCUT2D eigenvalue weighted by molar-refractivity contribution is 6.16. The molecule has 0 saturated heterocycles. The molecule has 0 atom stereocenters. The van der Waals surface area contributed by atoms with Gasteiger partial charge in [0.15, 0.2) is 0 Å². The molecule has 4 heterocycles. The fourth-order valence-corrected chi connectivity index (χ4v) is 19.5. The Morgan fingerprint density at radius 2 is 0.484 bits per heavy atom. The monoisotopic (exact) mass is 1610 g/mol. The van der Waals surface area contributed by atoms with Gasteiger partial charge in [-0.05, 0) is 229 Å². The zero-order valence-electron chi connectivity index (χ0n) is 68.6. The zero-order valence-corrected chi connectivity index (χ0v) is 68.6.